The summed E-state index contributed by atoms with van der Waals surface area (Å²) in [5.41, 5.74) is 1.15. The molecule has 2 aromatic rings. The maximum absolute atomic E-state index is 5.92. The van der Waals surface area contributed by atoms with E-state index >= 15 is 0 Å². The van der Waals surface area contributed by atoms with Gasteiger partial charge in [0.15, 0.2) is 0 Å². The molecule has 0 saturated heterocycles. The van der Waals surface area contributed by atoms with E-state index < -0.39 is 0 Å². The molecular formula is C13H10ClIO. The van der Waals surface area contributed by atoms with Crippen LogP contribution < -0.4 is 4.74 Å². The zero-order valence-electron chi connectivity index (χ0n) is 8.49. The summed E-state index contributed by atoms with van der Waals surface area (Å²) in [6.07, 6.45) is 0. The van der Waals surface area contributed by atoms with E-state index in [-0.39, 0.29) is 0 Å². The lowest BCUT2D eigenvalue weighted by atomic mass is 10.2. The zero-order chi connectivity index (χ0) is 11.4. The average molecular weight is 345 g/mol. The molecule has 0 aliphatic rings. The summed E-state index contributed by atoms with van der Waals surface area (Å²) in [4.78, 5) is 0. The van der Waals surface area contributed by atoms with Crippen LogP contribution in [-0.4, -0.2) is 0 Å². The Hall–Kier alpha value is -0.740. The van der Waals surface area contributed by atoms with Crippen molar-refractivity contribution in [2.45, 2.75) is 6.61 Å². The molecule has 0 aliphatic heterocycles. The second-order valence-corrected chi connectivity index (χ2v) is 4.95. The highest BCUT2D eigenvalue weighted by Crippen LogP contribution is 2.25. The van der Waals surface area contributed by atoms with E-state index in [0.717, 1.165) is 14.9 Å². The van der Waals surface area contributed by atoms with Gasteiger partial charge in [-0.25, -0.2) is 0 Å². The molecular weight excluding hydrogens is 334 g/mol. The highest BCUT2D eigenvalue weighted by molar-refractivity contribution is 14.1. The van der Waals surface area contributed by atoms with Crippen LogP contribution in [0.15, 0.2) is 48.5 Å². The Labute approximate surface area is 114 Å². The normalized spacial score (nSPS) is 10.1. The highest BCUT2D eigenvalue weighted by Gasteiger charge is 2.02. The van der Waals surface area contributed by atoms with Crippen molar-refractivity contribution in [3.63, 3.8) is 0 Å². The van der Waals surface area contributed by atoms with E-state index in [1.54, 1.807) is 0 Å². The van der Waals surface area contributed by atoms with Crippen molar-refractivity contribution in [1.82, 2.24) is 0 Å². The van der Waals surface area contributed by atoms with Gasteiger partial charge in [0, 0.05) is 5.02 Å². The molecule has 0 spiro atoms. The van der Waals surface area contributed by atoms with Gasteiger partial charge in [0.1, 0.15) is 12.4 Å². The molecule has 0 amide bonds. The Morgan fingerprint density at radius 1 is 1.06 bits per heavy atom. The topological polar surface area (TPSA) is 9.23 Å². The Kier molecular flexibility index (Phi) is 4.07. The molecule has 0 saturated carbocycles. The number of halogens is 2. The van der Waals surface area contributed by atoms with Crippen LogP contribution in [0.4, 0.5) is 0 Å². The highest BCUT2D eigenvalue weighted by atomic mass is 127. The molecule has 2 rings (SSSR count). The summed E-state index contributed by atoms with van der Waals surface area (Å²) in [5.74, 6) is 0.831. The minimum absolute atomic E-state index is 0.567. The lowest BCUT2D eigenvalue weighted by Gasteiger charge is -2.08. The van der Waals surface area contributed by atoms with Crippen molar-refractivity contribution in [2.75, 3.05) is 0 Å². The first-order chi connectivity index (χ1) is 7.75. The molecule has 0 aliphatic carbocycles. The molecule has 0 aromatic heterocycles. The Morgan fingerprint density at radius 3 is 2.56 bits per heavy atom. The van der Waals surface area contributed by atoms with Crippen LogP contribution in [0.2, 0.25) is 5.02 Å². The van der Waals surface area contributed by atoms with Crippen molar-refractivity contribution in [2.24, 2.45) is 0 Å². The third-order valence-corrected chi connectivity index (χ3v) is 3.26. The molecule has 0 fully saturated rings. The quantitative estimate of drug-likeness (QED) is 0.744. The van der Waals surface area contributed by atoms with E-state index in [4.69, 9.17) is 16.3 Å². The van der Waals surface area contributed by atoms with Crippen molar-refractivity contribution >= 4 is 34.2 Å². The van der Waals surface area contributed by atoms with Crippen molar-refractivity contribution < 1.29 is 4.74 Å². The molecule has 0 radical (unpaired) electrons. The van der Waals surface area contributed by atoms with Gasteiger partial charge in [0.05, 0.1) is 3.57 Å². The monoisotopic (exact) mass is 344 g/mol. The number of hydrogen-bond donors (Lipinski definition) is 0. The second-order valence-electron chi connectivity index (χ2n) is 3.35. The van der Waals surface area contributed by atoms with Crippen molar-refractivity contribution in [1.29, 1.82) is 0 Å². The maximum Gasteiger partial charge on any atom is 0.134 e. The molecule has 0 unspecified atom stereocenters. The van der Waals surface area contributed by atoms with E-state index in [1.165, 1.54) is 0 Å². The third kappa shape index (κ3) is 3.12. The second kappa shape index (κ2) is 5.55. The summed E-state index contributed by atoms with van der Waals surface area (Å²) in [7, 11) is 0. The van der Waals surface area contributed by atoms with E-state index in [2.05, 4.69) is 22.6 Å². The summed E-state index contributed by atoms with van der Waals surface area (Å²) in [5, 5.41) is 0.698. The lowest BCUT2D eigenvalue weighted by Crippen LogP contribution is -1.96. The molecule has 0 N–H and O–H groups in total. The largest absolute Gasteiger partial charge is 0.488 e. The molecule has 1 nitrogen and oxygen atoms in total. The van der Waals surface area contributed by atoms with Crippen molar-refractivity contribution in [3.8, 4) is 5.75 Å². The number of hydrogen-bond acceptors (Lipinski definition) is 1. The summed E-state index contributed by atoms with van der Waals surface area (Å²) < 4.78 is 6.78. The van der Waals surface area contributed by atoms with Gasteiger partial charge >= 0.3 is 0 Å². The van der Waals surface area contributed by atoms with Crippen LogP contribution in [0.25, 0.3) is 0 Å². The third-order valence-electron chi connectivity index (χ3n) is 2.13. The fourth-order valence-electron chi connectivity index (χ4n) is 1.32. The van der Waals surface area contributed by atoms with Gasteiger partial charge in [-0.1, -0.05) is 41.9 Å². The van der Waals surface area contributed by atoms with Crippen LogP contribution in [0.3, 0.4) is 0 Å². The number of benzene rings is 2. The van der Waals surface area contributed by atoms with E-state index in [0.29, 0.717) is 11.6 Å². The Morgan fingerprint density at radius 2 is 1.81 bits per heavy atom. The summed E-state index contributed by atoms with van der Waals surface area (Å²) in [6, 6.07) is 15.7. The van der Waals surface area contributed by atoms with E-state index in [1.807, 2.05) is 48.5 Å². The zero-order valence-corrected chi connectivity index (χ0v) is 11.4. The van der Waals surface area contributed by atoms with Gasteiger partial charge in [0.2, 0.25) is 0 Å². The first-order valence-electron chi connectivity index (χ1n) is 4.87. The molecule has 16 heavy (non-hydrogen) atoms. The van der Waals surface area contributed by atoms with Gasteiger partial charge in [-0.2, -0.15) is 0 Å². The molecule has 82 valence electrons. The fourth-order valence-corrected chi connectivity index (χ4v) is 1.98. The van der Waals surface area contributed by atoms with Gasteiger partial charge in [-0.3, -0.25) is 0 Å². The van der Waals surface area contributed by atoms with Crippen molar-refractivity contribution in [3.05, 3.63) is 62.7 Å². The predicted molar refractivity (Wildman–Crippen MR) is 74.9 cm³/mol. The maximum atomic E-state index is 5.92. The van der Waals surface area contributed by atoms with Crippen LogP contribution in [0.1, 0.15) is 5.56 Å². The van der Waals surface area contributed by atoms with Gasteiger partial charge < -0.3 is 4.74 Å². The van der Waals surface area contributed by atoms with E-state index in [9.17, 15) is 0 Å². The molecule has 0 heterocycles. The van der Waals surface area contributed by atoms with Gasteiger partial charge in [0.25, 0.3) is 0 Å². The number of rotatable bonds is 3. The van der Waals surface area contributed by atoms with Crippen LogP contribution >= 0.6 is 34.2 Å². The standard InChI is InChI=1S/C13H10ClIO/c14-11-6-7-12(15)13(8-11)16-9-10-4-2-1-3-5-10/h1-8H,9H2. The Bertz CT molecular complexity index is 471. The Balaban J connectivity index is 2.08. The molecule has 0 bridgehead atoms. The summed E-state index contributed by atoms with van der Waals surface area (Å²) in [6.45, 7) is 0.567. The van der Waals surface area contributed by atoms with Crippen LogP contribution in [0, 0.1) is 3.57 Å². The summed E-state index contributed by atoms with van der Waals surface area (Å²) >= 11 is 8.15. The predicted octanol–water partition coefficient (Wildman–Crippen LogP) is 4.52. The van der Waals surface area contributed by atoms with Gasteiger partial charge in [-0.15, -0.1) is 0 Å². The van der Waals surface area contributed by atoms with Crippen LogP contribution in [-0.2, 0) is 6.61 Å². The van der Waals surface area contributed by atoms with Gasteiger partial charge in [-0.05, 0) is 46.4 Å². The molecule has 3 heteroatoms. The SMILES string of the molecule is Clc1ccc(I)c(OCc2ccccc2)c1. The lowest BCUT2D eigenvalue weighted by molar-refractivity contribution is 0.304. The first-order valence-corrected chi connectivity index (χ1v) is 6.33. The first kappa shape index (κ1) is 11.7. The minimum atomic E-state index is 0.567. The minimum Gasteiger partial charge on any atom is -0.488 e. The van der Waals surface area contributed by atoms with Crippen LogP contribution in [0.5, 0.6) is 5.75 Å². The number of ether oxygens (including phenoxy) is 1. The molecule has 0 atom stereocenters. The average Bonchev–Trinajstić information content (AvgIpc) is 2.32. The molecule has 2 aromatic carbocycles. The fraction of sp³-hybridized carbons (Fsp3) is 0.0769. The smallest absolute Gasteiger partial charge is 0.134 e.